The summed E-state index contributed by atoms with van der Waals surface area (Å²) in [6.45, 7) is 3.94. The Kier molecular flexibility index (Phi) is 7.46. The predicted octanol–water partition coefficient (Wildman–Crippen LogP) is 3.30. The third-order valence-electron chi connectivity index (χ3n) is 3.37. The molecule has 136 valence electrons. The number of nitrogens with zero attached hydrogens (tertiary/aromatic N) is 3. The van der Waals surface area contributed by atoms with E-state index in [9.17, 15) is 4.39 Å². The lowest BCUT2D eigenvalue weighted by molar-refractivity contribution is 0.627. The molecule has 1 aromatic heterocycles. The van der Waals surface area contributed by atoms with Crippen LogP contribution in [0.1, 0.15) is 18.2 Å². The smallest absolute Gasteiger partial charge is 0.191 e. The molecule has 0 fully saturated rings. The van der Waals surface area contributed by atoms with Gasteiger partial charge in [-0.2, -0.15) is 0 Å². The summed E-state index contributed by atoms with van der Waals surface area (Å²) >= 11 is 7.65. The SMILES string of the molecule is CCNC(=NCc1csc(N(C)C)n1)NCCc1ccc(F)cc1Cl. The van der Waals surface area contributed by atoms with Crippen molar-refractivity contribution in [2.75, 3.05) is 32.1 Å². The molecule has 0 aliphatic heterocycles. The largest absolute Gasteiger partial charge is 0.357 e. The molecule has 0 bridgehead atoms. The standard InChI is InChI=1S/C17H23ClFN5S/c1-4-20-16(22-10-14-11-25-17(23-14)24(2)3)21-8-7-12-5-6-13(19)9-15(12)18/h5-6,9,11H,4,7-8,10H2,1-3H3,(H2,20,21,22). The Hall–Kier alpha value is -1.86. The van der Waals surface area contributed by atoms with Gasteiger partial charge >= 0.3 is 0 Å². The fourth-order valence-electron chi connectivity index (χ4n) is 2.12. The fraction of sp³-hybridized carbons (Fsp3) is 0.412. The molecule has 1 heterocycles. The molecular formula is C17H23ClFN5S. The van der Waals surface area contributed by atoms with Crippen molar-refractivity contribution in [2.24, 2.45) is 4.99 Å². The van der Waals surface area contributed by atoms with E-state index < -0.39 is 0 Å². The second kappa shape index (κ2) is 9.58. The number of hydrogen-bond donors (Lipinski definition) is 2. The zero-order valence-corrected chi connectivity index (χ0v) is 16.2. The summed E-state index contributed by atoms with van der Waals surface area (Å²) in [5, 5.41) is 9.89. The monoisotopic (exact) mass is 383 g/mol. The van der Waals surface area contributed by atoms with Crippen LogP contribution >= 0.6 is 22.9 Å². The summed E-state index contributed by atoms with van der Waals surface area (Å²) in [6.07, 6.45) is 0.686. The van der Waals surface area contributed by atoms with E-state index in [1.54, 1.807) is 17.4 Å². The van der Waals surface area contributed by atoms with Gasteiger partial charge in [0.1, 0.15) is 5.82 Å². The predicted molar refractivity (Wildman–Crippen MR) is 104 cm³/mol. The molecule has 8 heteroatoms. The highest BCUT2D eigenvalue weighted by Gasteiger charge is 2.05. The van der Waals surface area contributed by atoms with E-state index in [1.165, 1.54) is 12.1 Å². The third-order valence-corrected chi connectivity index (χ3v) is 4.78. The van der Waals surface area contributed by atoms with Crippen molar-refractivity contribution in [1.29, 1.82) is 0 Å². The van der Waals surface area contributed by atoms with Gasteiger partial charge in [0, 0.05) is 37.6 Å². The van der Waals surface area contributed by atoms with Crippen molar-refractivity contribution in [1.82, 2.24) is 15.6 Å². The van der Waals surface area contributed by atoms with Crippen molar-refractivity contribution in [3.05, 3.63) is 45.7 Å². The summed E-state index contributed by atoms with van der Waals surface area (Å²) in [6, 6.07) is 4.47. The average Bonchev–Trinajstić information content (AvgIpc) is 3.04. The first-order chi connectivity index (χ1) is 12.0. The molecule has 0 radical (unpaired) electrons. The van der Waals surface area contributed by atoms with E-state index in [0.717, 1.165) is 28.9 Å². The Morgan fingerprint density at radius 3 is 2.80 bits per heavy atom. The highest BCUT2D eigenvalue weighted by molar-refractivity contribution is 7.13. The first kappa shape index (κ1) is 19.5. The Morgan fingerprint density at radius 2 is 2.16 bits per heavy atom. The summed E-state index contributed by atoms with van der Waals surface area (Å²) in [4.78, 5) is 11.0. The van der Waals surface area contributed by atoms with Gasteiger partial charge in [-0.25, -0.2) is 14.4 Å². The molecule has 0 atom stereocenters. The van der Waals surface area contributed by atoms with E-state index in [0.29, 0.717) is 24.5 Å². The van der Waals surface area contributed by atoms with Gasteiger partial charge in [0.2, 0.25) is 0 Å². The molecule has 2 N–H and O–H groups in total. The van der Waals surface area contributed by atoms with E-state index in [4.69, 9.17) is 11.6 Å². The van der Waals surface area contributed by atoms with Crippen molar-refractivity contribution >= 4 is 34.0 Å². The Morgan fingerprint density at radius 1 is 1.36 bits per heavy atom. The van der Waals surface area contributed by atoms with Gasteiger partial charge in [-0.15, -0.1) is 11.3 Å². The van der Waals surface area contributed by atoms with Crippen LogP contribution in [0.3, 0.4) is 0 Å². The second-order valence-corrected chi connectivity index (χ2v) is 6.87. The van der Waals surface area contributed by atoms with E-state index >= 15 is 0 Å². The second-order valence-electron chi connectivity index (χ2n) is 5.62. The van der Waals surface area contributed by atoms with Gasteiger partial charge in [-0.05, 0) is 31.0 Å². The molecule has 25 heavy (non-hydrogen) atoms. The Balaban J connectivity index is 1.90. The molecule has 0 spiro atoms. The number of halogens is 2. The highest BCUT2D eigenvalue weighted by Crippen LogP contribution is 2.18. The van der Waals surface area contributed by atoms with E-state index in [2.05, 4.69) is 20.6 Å². The molecule has 1 aromatic carbocycles. The Bertz CT molecular complexity index is 717. The number of anilines is 1. The van der Waals surface area contributed by atoms with Crippen LogP contribution in [0, 0.1) is 5.82 Å². The maximum atomic E-state index is 13.1. The van der Waals surface area contributed by atoms with Gasteiger partial charge < -0.3 is 15.5 Å². The number of rotatable bonds is 7. The maximum absolute atomic E-state index is 13.1. The van der Waals surface area contributed by atoms with Gasteiger partial charge in [-0.3, -0.25) is 0 Å². The van der Waals surface area contributed by atoms with Crippen LogP contribution in [0.15, 0.2) is 28.6 Å². The first-order valence-corrected chi connectivity index (χ1v) is 9.33. The zero-order chi connectivity index (χ0) is 18.2. The third kappa shape index (κ3) is 6.17. The summed E-state index contributed by atoms with van der Waals surface area (Å²) < 4.78 is 13.1. The summed E-state index contributed by atoms with van der Waals surface area (Å²) in [7, 11) is 3.94. The minimum absolute atomic E-state index is 0.322. The van der Waals surface area contributed by atoms with Gasteiger partial charge in [0.15, 0.2) is 11.1 Å². The minimum atomic E-state index is -0.322. The minimum Gasteiger partial charge on any atom is -0.357 e. The first-order valence-electron chi connectivity index (χ1n) is 8.07. The molecule has 2 rings (SSSR count). The quantitative estimate of drug-likeness (QED) is 0.569. The lowest BCUT2D eigenvalue weighted by Gasteiger charge is -2.11. The molecule has 0 unspecified atom stereocenters. The number of aliphatic imine (C=N–C) groups is 1. The van der Waals surface area contributed by atoms with E-state index in [1.807, 2.05) is 31.3 Å². The lowest BCUT2D eigenvalue weighted by Crippen LogP contribution is -2.38. The topological polar surface area (TPSA) is 52.6 Å². The number of aromatic nitrogens is 1. The molecule has 0 amide bonds. The molecular weight excluding hydrogens is 361 g/mol. The van der Waals surface area contributed by atoms with Crippen LogP contribution < -0.4 is 15.5 Å². The average molecular weight is 384 g/mol. The highest BCUT2D eigenvalue weighted by atomic mass is 35.5. The normalized spacial score (nSPS) is 11.5. The van der Waals surface area contributed by atoms with Gasteiger partial charge in [-0.1, -0.05) is 17.7 Å². The number of nitrogens with one attached hydrogen (secondary N) is 2. The van der Waals surface area contributed by atoms with Gasteiger partial charge in [0.25, 0.3) is 0 Å². The van der Waals surface area contributed by atoms with Crippen molar-refractivity contribution in [2.45, 2.75) is 19.9 Å². The molecule has 0 saturated carbocycles. The lowest BCUT2D eigenvalue weighted by atomic mass is 10.1. The van der Waals surface area contributed by atoms with E-state index in [-0.39, 0.29) is 5.82 Å². The Labute approximate surface area is 156 Å². The van der Waals surface area contributed by atoms with Crippen molar-refractivity contribution in [3.8, 4) is 0 Å². The number of guanidine groups is 1. The van der Waals surface area contributed by atoms with Crippen LogP contribution in [-0.4, -0.2) is 38.1 Å². The maximum Gasteiger partial charge on any atom is 0.191 e. The van der Waals surface area contributed by atoms with Crippen LogP contribution in [-0.2, 0) is 13.0 Å². The van der Waals surface area contributed by atoms with Gasteiger partial charge in [0.05, 0.1) is 12.2 Å². The number of hydrogen-bond acceptors (Lipinski definition) is 4. The fourth-order valence-corrected chi connectivity index (χ4v) is 3.13. The summed E-state index contributed by atoms with van der Waals surface area (Å²) in [5.74, 6) is 0.400. The van der Waals surface area contributed by atoms with Crippen LogP contribution in [0.2, 0.25) is 5.02 Å². The van der Waals surface area contributed by atoms with Crippen molar-refractivity contribution in [3.63, 3.8) is 0 Å². The van der Waals surface area contributed by atoms with Crippen molar-refractivity contribution < 1.29 is 4.39 Å². The molecule has 2 aromatic rings. The van der Waals surface area contributed by atoms with Crippen LogP contribution in [0.5, 0.6) is 0 Å². The molecule has 0 aliphatic carbocycles. The molecule has 0 aliphatic rings. The number of benzene rings is 1. The van der Waals surface area contributed by atoms with Crippen LogP contribution in [0.4, 0.5) is 9.52 Å². The van der Waals surface area contributed by atoms with Crippen LogP contribution in [0.25, 0.3) is 0 Å². The molecule has 5 nitrogen and oxygen atoms in total. The zero-order valence-electron chi connectivity index (χ0n) is 14.6. The number of thiazole rings is 1. The summed E-state index contributed by atoms with van der Waals surface area (Å²) in [5.41, 5.74) is 1.84. The molecule has 0 saturated heterocycles.